The smallest absolute Gasteiger partial charge is 0.323 e. The third-order valence-electron chi connectivity index (χ3n) is 4.33. The molecule has 0 saturated carbocycles. The van der Waals surface area contributed by atoms with Crippen molar-refractivity contribution in [2.45, 2.75) is 44.6 Å². The lowest BCUT2D eigenvalue weighted by Gasteiger charge is -2.34. The van der Waals surface area contributed by atoms with Gasteiger partial charge in [0, 0.05) is 25.4 Å². The van der Waals surface area contributed by atoms with Gasteiger partial charge in [0.15, 0.2) is 0 Å². The van der Waals surface area contributed by atoms with E-state index in [1.54, 1.807) is 0 Å². The van der Waals surface area contributed by atoms with Crippen molar-refractivity contribution in [2.75, 3.05) is 19.6 Å². The van der Waals surface area contributed by atoms with Gasteiger partial charge in [-0.3, -0.25) is 9.69 Å². The van der Waals surface area contributed by atoms with E-state index < -0.39 is 5.54 Å². The summed E-state index contributed by atoms with van der Waals surface area (Å²) in [5, 5.41) is 14.7. The number of hydrogen-bond acceptors (Lipinski definition) is 4. The Morgan fingerprint density at radius 3 is 2.90 bits per heavy atom. The van der Waals surface area contributed by atoms with Gasteiger partial charge >= 0.3 is 6.03 Å². The first-order valence-corrected chi connectivity index (χ1v) is 7.31. The van der Waals surface area contributed by atoms with E-state index in [1.165, 1.54) is 4.90 Å². The number of hydrogen-bond donors (Lipinski definition) is 2. The molecule has 0 aliphatic carbocycles. The first-order valence-electron chi connectivity index (χ1n) is 7.31. The molecule has 2 rings (SSSR count). The minimum Gasteiger partial charge on any atom is -0.323 e. The molecule has 6 nitrogen and oxygen atoms in total. The van der Waals surface area contributed by atoms with Gasteiger partial charge in [-0.25, -0.2) is 4.79 Å². The summed E-state index contributed by atoms with van der Waals surface area (Å²) in [5.74, 6) is 0.0324. The van der Waals surface area contributed by atoms with E-state index in [1.807, 2.05) is 6.92 Å². The van der Waals surface area contributed by atoms with Crippen molar-refractivity contribution < 1.29 is 9.59 Å². The van der Waals surface area contributed by atoms with Crippen molar-refractivity contribution in [3.8, 4) is 6.07 Å². The van der Waals surface area contributed by atoms with Crippen LogP contribution in [0.1, 0.15) is 39.0 Å². The molecular weight excluding hydrogens is 256 g/mol. The fraction of sp³-hybridized carbons (Fsp3) is 0.786. The van der Waals surface area contributed by atoms with Crippen LogP contribution in [0.3, 0.4) is 0 Å². The van der Waals surface area contributed by atoms with Crippen molar-refractivity contribution in [1.29, 1.82) is 5.26 Å². The second-order valence-electron chi connectivity index (χ2n) is 5.75. The van der Waals surface area contributed by atoms with Crippen LogP contribution in [0, 0.1) is 17.2 Å². The molecule has 3 amide bonds. The molecule has 2 heterocycles. The Morgan fingerprint density at radius 2 is 2.25 bits per heavy atom. The first-order chi connectivity index (χ1) is 9.59. The summed E-state index contributed by atoms with van der Waals surface area (Å²) in [5.41, 5.74) is -0.778. The predicted octanol–water partition coefficient (Wildman–Crippen LogP) is 0.990. The number of nitriles is 1. The number of nitrogens with one attached hydrogen (secondary N) is 2. The van der Waals surface area contributed by atoms with Crippen LogP contribution in [0.25, 0.3) is 0 Å². The Kier molecular flexibility index (Phi) is 4.61. The summed E-state index contributed by atoms with van der Waals surface area (Å²) >= 11 is 0. The highest BCUT2D eigenvalue weighted by Crippen LogP contribution is 2.30. The molecule has 2 fully saturated rings. The number of carbonyl (C=O) groups is 2. The van der Waals surface area contributed by atoms with Gasteiger partial charge in [-0.15, -0.1) is 0 Å². The van der Waals surface area contributed by atoms with Crippen LogP contribution in [-0.4, -0.2) is 42.0 Å². The molecule has 0 aromatic carbocycles. The molecule has 20 heavy (non-hydrogen) atoms. The van der Waals surface area contributed by atoms with E-state index in [4.69, 9.17) is 5.26 Å². The molecular formula is C14H22N4O2. The molecule has 0 bridgehead atoms. The van der Waals surface area contributed by atoms with Crippen LogP contribution < -0.4 is 10.6 Å². The van der Waals surface area contributed by atoms with Gasteiger partial charge in [0.1, 0.15) is 5.54 Å². The highest BCUT2D eigenvalue weighted by Gasteiger charge is 2.52. The largest absolute Gasteiger partial charge is 0.325 e. The molecule has 2 aliphatic heterocycles. The Balaban J connectivity index is 1.98. The number of nitrogens with zero attached hydrogens (tertiary/aromatic N) is 2. The van der Waals surface area contributed by atoms with Crippen LogP contribution >= 0.6 is 0 Å². The summed E-state index contributed by atoms with van der Waals surface area (Å²) in [6, 6.07) is 1.78. The van der Waals surface area contributed by atoms with Crippen LogP contribution in [0.15, 0.2) is 0 Å². The third kappa shape index (κ3) is 2.78. The number of piperidine rings is 1. The Bertz CT molecular complexity index is 425. The summed E-state index contributed by atoms with van der Waals surface area (Å²) in [4.78, 5) is 25.9. The Labute approximate surface area is 119 Å². The molecule has 110 valence electrons. The molecule has 0 spiro atoms. The van der Waals surface area contributed by atoms with Gasteiger partial charge < -0.3 is 10.6 Å². The van der Waals surface area contributed by atoms with Gasteiger partial charge in [-0.1, -0.05) is 0 Å². The minimum atomic E-state index is -0.778. The van der Waals surface area contributed by atoms with E-state index in [-0.39, 0.29) is 17.9 Å². The second-order valence-corrected chi connectivity index (χ2v) is 5.75. The summed E-state index contributed by atoms with van der Waals surface area (Å²) in [6.07, 6.45) is 3.86. The zero-order chi connectivity index (χ0) is 14.6. The van der Waals surface area contributed by atoms with Crippen molar-refractivity contribution in [3.05, 3.63) is 0 Å². The van der Waals surface area contributed by atoms with Gasteiger partial charge in [0.05, 0.1) is 6.07 Å². The van der Waals surface area contributed by atoms with Crippen LogP contribution in [-0.2, 0) is 4.79 Å². The molecule has 0 aromatic heterocycles. The van der Waals surface area contributed by atoms with Gasteiger partial charge in [0.2, 0.25) is 0 Å². The van der Waals surface area contributed by atoms with Gasteiger partial charge in [0.25, 0.3) is 5.91 Å². The number of imide groups is 1. The second kappa shape index (κ2) is 6.23. The summed E-state index contributed by atoms with van der Waals surface area (Å²) in [6.45, 7) is 3.99. The van der Waals surface area contributed by atoms with E-state index in [9.17, 15) is 9.59 Å². The fourth-order valence-corrected chi connectivity index (χ4v) is 3.01. The number of carbonyl (C=O) groups excluding carboxylic acids is 2. The van der Waals surface area contributed by atoms with Gasteiger partial charge in [-0.05, 0) is 39.2 Å². The molecule has 2 saturated heterocycles. The topological polar surface area (TPSA) is 85.2 Å². The fourth-order valence-electron chi connectivity index (χ4n) is 3.01. The van der Waals surface area contributed by atoms with Gasteiger partial charge in [-0.2, -0.15) is 5.26 Å². The number of rotatable bonds is 5. The molecule has 2 N–H and O–H groups in total. The highest BCUT2D eigenvalue weighted by molar-refractivity contribution is 6.07. The normalized spacial score (nSPS) is 30.2. The maximum Gasteiger partial charge on any atom is 0.325 e. The zero-order valence-electron chi connectivity index (χ0n) is 11.9. The van der Waals surface area contributed by atoms with E-state index in [2.05, 4.69) is 16.7 Å². The minimum absolute atomic E-state index is 0.117. The Morgan fingerprint density at radius 1 is 1.45 bits per heavy atom. The standard InChI is InChI=1S/C14H22N4O2/c1-14(11-6-5-8-16-10-11)12(19)18(13(20)17-14)9-4-2-3-7-15/h11,16H,2-6,8-10H2,1H3,(H,17,20). The van der Waals surface area contributed by atoms with Crippen LogP contribution in [0.4, 0.5) is 4.79 Å². The zero-order valence-corrected chi connectivity index (χ0v) is 11.9. The molecule has 2 aliphatic rings. The lowest BCUT2D eigenvalue weighted by molar-refractivity contribution is -0.132. The lowest BCUT2D eigenvalue weighted by atomic mass is 9.80. The SMILES string of the molecule is CC1(C2CCCNC2)NC(=O)N(CCCCC#N)C1=O. The number of urea groups is 1. The van der Waals surface area contributed by atoms with E-state index in [0.29, 0.717) is 19.4 Å². The van der Waals surface area contributed by atoms with Crippen molar-refractivity contribution in [3.63, 3.8) is 0 Å². The Hall–Kier alpha value is -1.61. The quantitative estimate of drug-likeness (QED) is 0.580. The molecule has 0 radical (unpaired) electrons. The first kappa shape index (κ1) is 14.8. The average Bonchev–Trinajstić information content (AvgIpc) is 2.68. The predicted molar refractivity (Wildman–Crippen MR) is 73.7 cm³/mol. The highest BCUT2D eigenvalue weighted by atomic mass is 16.2. The van der Waals surface area contributed by atoms with Crippen molar-refractivity contribution in [2.24, 2.45) is 5.92 Å². The summed E-state index contributed by atoms with van der Waals surface area (Å²) < 4.78 is 0. The van der Waals surface area contributed by atoms with E-state index in [0.717, 1.165) is 32.4 Å². The van der Waals surface area contributed by atoms with Crippen LogP contribution in [0.2, 0.25) is 0 Å². The van der Waals surface area contributed by atoms with Crippen molar-refractivity contribution in [1.82, 2.24) is 15.5 Å². The van der Waals surface area contributed by atoms with Crippen molar-refractivity contribution >= 4 is 11.9 Å². The number of amides is 3. The van der Waals surface area contributed by atoms with Crippen LogP contribution in [0.5, 0.6) is 0 Å². The third-order valence-corrected chi connectivity index (χ3v) is 4.33. The average molecular weight is 278 g/mol. The monoisotopic (exact) mass is 278 g/mol. The maximum absolute atomic E-state index is 12.6. The van der Waals surface area contributed by atoms with E-state index >= 15 is 0 Å². The molecule has 2 unspecified atom stereocenters. The summed E-state index contributed by atoms with van der Waals surface area (Å²) in [7, 11) is 0. The molecule has 2 atom stereocenters. The maximum atomic E-state index is 12.6. The molecule has 6 heteroatoms. The number of unbranched alkanes of at least 4 members (excludes halogenated alkanes) is 2. The molecule has 0 aromatic rings. The lowest BCUT2D eigenvalue weighted by Crippen LogP contribution is -2.55.